The third-order valence-corrected chi connectivity index (χ3v) is 4.74. The molecule has 3 atom stereocenters. The lowest BCUT2D eigenvalue weighted by Crippen LogP contribution is -2.59. The third kappa shape index (κ3) is 1.94. The lowest BCUT2D eigenvalue weighted by atomic mass is 9.64. The third-order valence-electron chi connectivity index (χ3n) is 4.74. The van der Waals surface area contributed by atoms with E-state index < -0.39 is 5.60 Å². The molecule has 2 fully saturated rings. The molecule has 2 nitrogen and oxygen atoms in total. The van der Waals surface area contributed by atoms with Gasteiger partial charge in [0.25, 0.3) is 0 Å². The van der Waals surface area contributed by atoms with Crippen LogP contribution in [0.2, 0.25) is 0 Å². The van der Waals surface area contributed by atoms with Crippen molar-refractivity contribution in [1.82, 2.24) is 5.32 Å². The van der Waals surface area contributed by atoms with Crippen molar-refractivity contribution in [3.05, 3.63) is 0 Å². The normalized spacial score (nSPS) is 44.2. The van der Waals surface area contributed by atoms with Crippen molar-refractivity contribution in [3.63, 3.8) is 0 Å². The van der Waals surface area contributed by atoms with Gasteiger partial charge in [-0.1, -0.05) is 33.1 Å². The van der Waals surface area contributed by atoms with Crippen LogP contribution in [0.25, 0.3) is 0 Å². The number of hydrogen-bond acceptors (Lipinski definition) is 2. The summed E-state index contributed by atoms with van der Waals surface area (Å²) in [7, 11) is 0. The molecule has 2 rings (SSSR count). The van der Waals surface area contributed by atoms with Crippen LogP contribution in [0, 0.1) is 17.8 Å². The summed E-state index contributed by atoms with van der Waals surface area (Å²) < 4.78 is 0. The van der Waals surface area contributed by atoms with E-state index in [1.54, 1.807) is 0 Å². The van der Waals surface area contributed by atoms with Crippen LogP contribution < -0.4 is 5.32 Å². The quantitative estimate of drug-likeness (QED) is 0.697. The minimum absolute atomic E-state index is 0.397. The molecule has 2 aliphatic rings. The van der Waals surface area contributed by atoms with Gasteiger partial charge in [-0.05, 0) is 30.6 Å². The second-order valence-electron chi connectivity index (χ2n) is 5.68. The molecule has 0 radical (unpaired) electrons. The summed E-state index contributed by atoms with van der Waals surface area (Å²) in [6.07, 6.45) is 6.49. The molecule has 0 amide bonds. The fraction of sp³-hybridized carbons (Fsp3) is 1.00. The maximum Gasteiger partial charge on any atom is 0.0750 e. The molecule has 0 aromatic rings. The summed E-state index contributed by atoms with van der Waals surface area (Å²) >= 11 is 0. The highest BCUT2D eigenvalue weighted by atomic mass is 16.3. The molecule has 0 aromatic heterocycles. The Labute approximate surface area is 93.5 Å². The van der Waals surface area contributed by atoms with Crippen LogP contribution in [-0.4, -0.2) is 23.8 Å². The van der Waals surface area contributed by atoms with Crippen LogP contribution in [0.15, 0.2) is 0 Å². The van der Waals surface area contributed by atoms with Crippen LogP contribution >= 0.6 is 0 Å². The van der Waals surface area contributed by atoms with Crippen molar-refractivity contribution in [3.8, 4) is 0 Å². The molecule has 0 spiro atoms. The predicted molar refractivity (Wildman–Crippen MR) is 62.7 cm³/mol. The van der Waals surface area contributed by atoms with Gasteiger partial charge in [-0.3, -0.25) is 0 Å². The minimum atomic E-state index is -0.397. The lowest BCUT2D eigenvalue weighted by molar-refractivity contribution is -0.127. The molecule has 1 heterocycles. The Kier molecular flexibility index (Phi) is 3.36. The summed E-state index contributed by atoms with van der Waals surface area (Å²) in [6, 6.07) is 0. The van der Waals surface area contributed by atoms with Gasteiger partial charge in [0, 0.05) is 13.1 Å². The first-order chi connectivity index (χ1) is 7.15. The Morgan fingerprint density at radius 1 is 1.00 bits per heavy atom. The minimum Gasteiger partial charge on any atom is -0.389 e. The predicted octanol–water partition coefficient (Wildman–Crippen LogP) is 2.17. The standard InChI is InChI=1S/C13H25NO/c1-10-8-14-9-11(2)13(10,15)12-6-4-3-5-7-12/h10-12,14-15H,3-9H2,1-2H3/t10-,11+,13-. The van der Waals surface area contributed by atoms with E-state index >= 15 is 0 Å². The summed E-state index contributed by atoms with van der Waals surface area (Å²) in [6.45, 7) is 6.38. The number of nitrogens with one attached hydrogen (secondary N) is 1. The number of piperidine rings is 1. The molecule has 2 N–H and O–H groups in total. The molecular weight excluding hydrogens is 186 g/mol. The smallest absolute Gasteiger partial charge is 0.0750 e. The number of hydrogen-bond donors (Lipinski definition) is 2. The Balaban J connectivity index is 2.12. The molecular formula is C13H25NO. The molecule has 88 valence electrons. The van der Waals surface area contributed by atoms with Crippen LogP contribution in [0.1, 0.15) is 46.0 Å². The maximum absolute atomic E-state index is 11.0. The zero-order valence-corrected chi connectivity index (χ0v) is 10.1. The van der Waals surface area contributed by atoms with E-state index in [0.29, 0.717) is 17.8 Å². The van der Waals surface area contributed by atoms with Gasteiger partial charge in [0.1, 0.15) is 0 Å². The monoisotopic (exact) mass is 211 g/mol. The number of aliphatic hydroxyl groups is 1. The van der Waals surface area contributed by atoms with Crippen molar-refractivity contribution in [2.75, 3.05) is 13.1 Å². The Morgan fingerprint density at radius 2 is 1.53 bits per heavy atom. The van der Waals surface area contributed by atoms with Crippen molar-refractivity contribution >= 4 is 0 Å². The van der Waals surface area contributed by atoms with Gasteiger partial charge in [-0.25, -0.2) is 0 Å². The van der Waals surface area contributed by atoms with Crippen LogP contribution in [0.5, 0.6) is 0 Å². The first-order valence-electron chi connectivity index (χ1n) is 6.58. The Morgan fingerprint density at radius 3 is 2.07 bits per heavy atom. The Hall–Kier alpha value is -0.0800. The second-order valence-corrected chi connectivity index (χ2v) is 5.68. The van der Waals surface area contributed by atoms with Crippen LogP contribution in [0.4, 0.5) is 0 Å². The van der Waals surface area contributed by atoms with Crippen molar-refractivity contribution in [2.45, 2.75) is 51.6 Å². The molecule has 1 aliphatic heterocycles. The fourth-order valence-corrected chi connectivity index (χ4v) is 3.70. The largest absolute Gasteiger partial charge is 0.389 e. The van der Waals surface area contributed by atoms with E-state index in [4.69, 9.17) is 0 Å². The first-order valence-corrected chi connectivity index (χ1v) is 6.58. The average molecular weight is 211 g/mol. The first kappa shape index (κ1) is 11.4. The SMILES string of the molecule is C[C@@H]1CNC[C@H](C)[C@@]1(O)C1CCCCC1. The average Bonchev–Trinajstić information content (AvgIpc) is 2.27. The molecule has 2 heteroatoms. The molecule has 0 unspecified atom stereocenters. The van der Waals surface area contributed by atoms with E-state index in [0.717, 1.165) is 13.1 Å². The summed E-state index contributed by atoms with van der Waals surface area (Å²) in [5.74, 6) is 1.37. The van der Waals surface area contributed by atoms with Crippen LogP contribution in [-0.2, 0) is 0 Å². The highest BCUT2D eigenvalue weighted by Crippen LogP contribution is 2.42. The van der Waals surface area contributed by atoms with Gasteiger partial charge in [0.05, 0.1) is 5.60 Å². The van der Waals surface area contributed by atoms with Gasteiger partial charge < -0.3 is 10.4 Å². The number of rotatable bonds is 1. The second kappa shape index (κ2) is 4.42. The van der Waals surface area contributed by atoms with Gasteiger partial charge in [0.2, 0.25) is 0 Å². The topological polar surface area (TPSA) is 32.3 Å². The molecule has 1 aliphatic carbocycles. The molecule has 0 bridgehead atoms. The van der Waals surface area contributed by atoms with Crippen molar-refractivity contribution in [2.24, 2.45) is 17.8 Å². The van der Waals surface area contributed by atoms with E-state index in [-0.39, 0.29) is 0 Å². The van der Waals surface area contributed by atoms with E-state index in [2.05, 4.69) is 19.2 Å². The lowest BCUT2D eigenvalue weighted by Gasteiger charge is -2.49. The zero-order chi connectivity index (χ0) is 10.9. The van der Waals surface area contributed by atoms with E-state index in [9.17, 15) is 5.11 Å². The van der Waals surface area contributed by atoms with Crippen molar-refractivity contribution in [1.29, 1.82) is 0 Å². The molecule has 1 saturated heterocycles. The molecule has 1 saturated carbocycles. The van der Waals surface area contributed by atoms with Crippen molar-refractivity contribution < 1.29 is 5.11 Å². The van der Waals surface area contributed by atoms with Gasteiger partial charge in [0.15, 0.2) is 0 Å². The highest BCUT2D eigenvalue weighted by molar-refractivity contribution is 4.99. The summed E-state index contributed by atoms with van der Waals surface area (Å²) in [5.41, 5.74) is -0.397. The summed E-state index contributed by atoms with van der Waals surface area (Å²) in [5, 5.41) is 14.4. The van der Waals surface area contributed by atoms with E-state index in [1.165, 1.54) is 32.1 Å². The van der Waals surface area contributed by atoms with Crippen LogP contribution in [0.3, 0.4) is 0 Å². The zero-order valence-electron chi connectivity index (χ0n) is 10.1. The van der Waals surface area contributed by atoms with Gasteiger partial charge in [-0.2, -0.15) is 0 Å². The highest BCUT2D eigenvalue weighted by Gasteiger charge is 2.47. The Bertz CT molecular complexity index is 201. The van der Waals surface area contributed by atoms with Gasteiger partial charge in [-0.15, -0.1) is 0 Å². The van der Waals surface area contributed by atoms with E-state index in [1.807, 2.05) is 0 Å². The fourth-order valence-electron chi connectivity index (χ4n) is 3.70. The summed E-state index contributed by atoms with van der Waals surface area (Å²) in [4.78, 5) is 0. The van der Waals surface area contributed by atoms with Gasteiger partial charge >= 0.3 is 0 Å². The molecule has 0 aromatic carbocycles. The maximum atomic E-state index is 11.0. The molecule has 15 heavy (non-hydrogen) atoms.